The zero-order chi connectivity index (χ0) is 22.4. The predicted molar refractivity (Wildman–Crippen MR) is 113 cm³/mol. The molecule has 3 rings (SSSR count). The summed E-state index contributed by atoms with van der Waals surface area (Å²) in [5.41, 5.74) is 1.91. The molecule has 0 spiro atoms. The number of ether oxygens (including phenoxy) is 2. The number of anilines is 1. The van der Waals surface area contributed by atoms with Crippen molar-refractivity contribution in [3.63, 3.8) is 0 Å². The number of esters is 1. The van der Waals surface area contributed by atoms with E-state index < -0.39 is 18.5 Å². The molecule has 1 N–H and O–H groups in total. The summed E-state index contributed by atoms with van der Waals surface area (Å²) >= 11 is 5.79. The number of nitrogens with one attached hydrogen (secondary N) is 1. The Balaban J connectivity index is 1.60. The number of halogens is 1. The molecule has 0 aliphatic rings. The normalized spacial score (nSPS) is 10.4. The molecule has 0 atom stereocenters. The molecule has 3 aromatic rings. The van der Waals surface area contributed by atoms with Gasteiger partial charge in [-0.1, -0.05) is 11.6 Å². The van der Waals surface area contributed by atoms with Gasteiger partial charge < -0.3 is 23.8 Å². The molecule has 9 heteroatoms. The van der Waals surface area contributed by atoms with Gasteiger partial charge in [0.15, 0.2) is 13.2 Å². The average Bonchev–Trinajstić information content (AvgIpc) is 3.35. The number of furan rings is 1. The minimum atomic E-state index is -0.705. The Morgan fingerprint density at radius 2 is 1.94 bits per heavy atom. The standard InChI is InChI=1S/C22H20ClN3O5/c1-14-15(2)26(11-18-4-3-9-29-18)22(19(14)10-24)25-20(27)12-31-21(28)13-30-17-7-5-16(23)6-8-17/h3-9H,11-13H2,1-2H3,(H,25,27). The molecule has 0 radical (unpaired) electrons. The van der Waals surface area contributed by atoms with Crippen molar-refractivity contribution in [2.75, 3.05) is 18.5 Å². The van der Waals surface area contributed by atoms with Crippen LogP contribution in [0.25, 0.3) is 0 Å². The van der Waals surface area contributed by atoms with Crippen LogP contribution in [0.3, 0.4) is 0 Å². The van der Waals surface area contributed by atoms with Crippen LogP contribution >= 0.6 is 11.6 Å². The largest absolute Gasteiger partial charge is 0.482 e. The number of hydrogen-bond acceptors (Lipinski definition) is 6. The lowest BCUT2D eigenvalue weighted by molar-refractivity contribution is -0.149. The Bertz CT molecular complexity index is 1110. The van der Waals surface area contributed by atoms with Crippen molar-refractivity contribution >= 4 is 29.3 Å². The van der Waals surface area contributed by atoms with Gasteiger partial charge in [-0.05, 0) is 55.8 Å². The van der Waals surface area contributed by atoms with Crippen molar-refractivity contribution in [2.45, 2.75) is 20.4 Å². The smallest absolute Gasteiger partial charge is 0.344 e. The molecule has 2 aromatic heterocycles. The van der Waals surface area contributed by atoms with Gasteiger partial charge in [-0.15, -0.1) is 0 Å². The second-order valence-corrected chi connectivity index (χ2v) is 7.10. The third-order valence-corrected chi connectivity index (χ3v) is 4.88. The molecule has 0 aliphatic carbocycles. The molecule has 1 aromatic carbocycles. The summed E-state index contributed by atoms with van der Waals surface area (Å²) in [6.45, 7) is 3.12. The van der Waals surface area contributed by atoms with E-state index in [1.165, 1.54) is 0 Å². The highest BCUT2D eigenvalue weighted by molar-refractivity contribution is 6.30. The van der Waals surface area contributed by atoms with Crippen molar-refractivity contribution < 1.29 is 23.5 Å². The fourth-order valence-electron chi connectivity index (χ4n) is 2.92. The molecule has 1 amide bonds. The van der Waals surface area contributed by atoms with Gasteiger partial charge in [0.05, 0.1) is 18.4 Å². The van der Waals surface area contributed by atoms with Crippen molar-refractivity contribution in [1.29, 1.82) is 5.26 Å². The maximum absolute atomic E-state index is 12.4. The second kappa shape index (κ2) is 9.87. The summed E-state index contributed by atoms with van der Waals surface area (Å²) < 4.78 is 17.4. The zero-order valence-electron chi connectivity index (χ0n) is 17.0. The van der Waals surface area contributed by atoms with Gasteiger partial charge in [-0.25, -0.2) is 4.79 Å². The lowest BCUT2D eigenvalue weighted by Crippen LogP contribution is -2.25. The van der Waals surface area contributed by atoms with Crippen LogP contribution in [-0.4, -0.2) is 29.7 Å². The number of nitrogens with zero attached hydrogens (tertiary/aromatic N) is 2. The summed E-state index contributed by atoms with van der Waals surface area (Å²) in [5, 5.41) is 12.8. The van der Waals surface area contributed by atoms with Gasteiger partial charge in [-0.2, -0.15) is 5.26 Å². The molecule has 0 aliphatic heterocycles. The van der Waals surface area contributed by atoms with E-state index in [1.54, 1.807) is 54.2 Å². The first-order chi connectivity index (χ1) is 14.9. The fourth-order valence-corrected chi connectivity index (χ4v) is 3.04. The molecule has 160 valence electrons. The van der Waals surface area contributed by atoms with Crippen LogP contribution in [-0.2, 0) is 20.9 Å². The number of aromatic nitrogens is 1. The van der Waals surface area contributed by atoms with Gasteiger partial charge in [0.1, 0.15) is 23.4 Å². The monoisotopic (exact) mass is 441 g/mol. The van der Waals surface area contributed by atoms with Crippen LogP contribution in [0.4, 0.5) is 5.82 Å². The third-order valence-electron chi connectivity index (χ3n) is 4.63. The van der Waals surface area contributed by atoms with Crippen LogP contribution < -0.4 is 10.1 Å². The maximum Gasteiger partial charge on any atom is 0.344 e. The molecule has 0 fully saturated rings. The predicted octanol–water partition coefficient (Wildman–Crippen LogP) is 3.83. The Morgan fingerprint density at radius 1 is 1.19 bits per heavy atom. The lowest BCUT2D eigenvalue weighted by atomic mass is 10.2. The second-order valence-electron chi connectivity index (χ2n) is 6.66. The number of benzene rings is 1. The van der Waals surface area contributed by atoms with E-state index in [0.29, 0.717) is 34.5 Å². The molecule has 8 nitrogen and oxygen atoms in total. The van der Waals surface area contributed by atoms with Crippen LogP contribution in [0.15, 0.2) is 47.1 Å². The maximum atomic E-state index is 12.4. The molecule has 0 bridgehead atoms. The molecule has 2 heterocycles. The van der Waals surface area contributed by atoms with Crippen molar-refractivity contribution in [1.82, 2.24) is 4.57 Å². The summed E-state index contributed by atoms with van der Waals surface area (Å²) in [5.74, 6) is 0.167. The molecular weight excluding hydrogens is 422 g/mol. The van der Waals surface area contributed by atoms with Gasteiger partial charge >= 0.3 is 5.97 Å². The minimum Gasteiger partial charge on any atom is -0.482 e. The van der Waals surface area contributed by atoms with Crippen molar-refractivity contribution in [2.24, 2.45) is 0 Å². The Kier molecular flexibility index (Phi) is 7.00. The van der Waals surface area contributed by atoms with Crippen LogP contribution in [0.5, 0.6) is 5.75 Å². The summed E-state index contributed by atoms with van der Waals surface area (Å²) in [6.07, 6.45) is 1.55. The van der Waals surface area contributed by atoms with Gasteiger partial charge in [-0.3, -0.25) is 4.79 Å². The quantitative estimate of drug-likeness (QED) is 0.532. The van der Waals surface area contributed by atoms with Gasteiger partial charge in [0.2, 0.25) is 0 Å². The summed E-state index contributed by atoms with van der Waals surface area (Å²) in [4.78, 5) is 24.3. The van der Waals surface area contributed by atoms with E-state index in [0.717, 1.165) is 11.3 Å². The number of rotatable bonds is 8. The van der Waals surface area contributed by atoms with Gasteiger partial charge in [0.25, 0.3) is 5.91 Å². The fraction of sp³-hybridized carbons (Fsp3) is 0.227. The van der Waals surface area contributed by atoms with E-state index in [1.807, 2.05) is 6.92 Å². The van der Waals surface area contributed by atoms with E-state index in [-0.39, 0.29) is 6.61 Å². The number of amides is 1. The number of carbonyl (C=O) groups is 2. The highest BCUT2D eigenvalue weighted by Crippen LogP contribution is 2.27. The number of carbonyl (C=O) groups excluding carboxylic acids is 2. The molecule has 31 heavy (non-hydrogen) atoms. The molecule has 0 unspecified atom stereocenters. The highest BCUT2D eigenvalue weighted by atomic mass is 35.5. The first-order valence-corrected chi connectivity index (χ1v) is 9.73. The van der Waals surface area contributed by atoms with Crippen LogP contribution in [0.2, 0.25) is 5.02 Å². The lowest BCUT2D eigenvalue weighted by Gasteiger charge is -2.12. The first-order valence-electron chi connectivity index (χ1n) is 9.35. The topological polar surface area (TPSA) is 106 Å². The van der Waals surface area contributed by atoms with Gasteiger partial charge in [0, 0.05) is 10.7 Å². The SMILES string of the molecule is Cc1c(C#N)c(NC(=O)COC(=O)COc2ccc(Cl)cc2)n(Cc2ccco2)c1C. The number of hydrogen-bond donors (Lipinski definition) is 1. The molecular formula is C22H20ClN3O5. The van der Waals surface area contributed by atoms with E-state index in [4.69, 9.17) is 25.5 Å². The zero-order valence-corrected chi connectivity index (χ0v) is 17.7. The Labute approximate surface area is 183 Å². The highest BCUT2D eigenvalue weighted by Gasteiger charge is 2.21. The Morgan fingerprint density at radius 3 is 2.58 bits per heavy atom. The summed E-state index contributed by atoms with van der Waals surface area (Å²) in [6, 6.07) is 12.2. The molecule has 0 saturated carbocycles. The number of nitriles is 1. The van der Waals surface area contributed by atoms with Crippen LogP contribution in [0.1, 0.15) is 22.6 Å². The van der Waals surface area contributed by atoms with Crippen molar-refractivity contribution in [3.8, 4) is 11.8 Å². The molecule has 0 saturated heterocycles. The van der Waals surface area contributed by atoms with E-state index in [9.17, 15) is 14.9 Å². The average molecular weight is 442 g/mol. The minimum absolute atomic E-state index is 0.326. The Hall–Kier alpha value is -3.70. The summed E-state index contributed by atoms with van der Waals surface area (Å²) in [7, 11) is 0. The van der Waals surface area contributed by atoms with E-state index in [2.05, 4.69) is 11.4 Å². The first kappa shape index (κ1) is 22.0. The van der Waals surface area contributed by atoms with Crippen molar-refractivity contribution in [3.05, 3.63) is 70.3 Å². The van der Waals surface area contributed by atoms with E-state index >= 15 is 0 Å². The third kappa shape index (κ3) is 5.47. The van der Waals surface area contributed by atoms with Crippen LogP contribution in [0, 0.1) is 25.2 Å².